The van der Waals surface area contributed by atoms with Gasteiger partial charge in [-0.15, -0.1) is 0 Å². The number of isocyanates is 1. The topological polar surface area (TPSA) is 29.4 Å². The molecule has 0 bridgehead atoms. The van der Waals surface area contributed by atoms with Gasteiger partial charge in [-0.3, -0.25) is 0 Å². The highest BCUT2D eigenvalue weighted by atomic mass is 19.1. The van der Waals surface area contributed by atoms with E-state index >= 15 is 0 Å². The van der Waals surface area contributed by atoms with Crippen molar-refractivity contribution in [3.05, 3.63) is 35.4 Å². The Morgan fingerprint density at radius 1 is 1.40 bits per heavy atom. The van der Waals surface area contributed by atoms with Gasteiger partial charge < -0.3 is 0 Å². The smallest absolute Gasteiger partial charge is 0.235 e. The molecule has 0 aromatic heterocycles. The van der Waals surface area contributed by atoms with Crippen molar-refractivity contribution in [3.8, 4) is 0 Å². The van der Waals surface area contributed by atoms with Gasteiger partial charge in [0.2, 0.25) is 6.08 Å². The van der Waals surface area contributed by atoms with Crippen LogP contribution >= 0.6 is 0 Å². The lowest BCUT2D eigenvalue weighted by Gasteiger charge is -2.23. The number of hydrogen-bond donors (Lipinski definition) is 0. The molecule has 0 fully saturated rings. The maximum Gasteiger partial charge on any atom is 0.235 e. The van der Waals surface area contributed by atoms with Gasteiger partial charge in [0, 0.05) is 0 Å². The molecule has 0 aliphatic carbocycles. The van der Waals surface area contributed by atoms with Gasteiger partial charge in [0.25, 0.3) is 0 Å². The molecule has 80 valence electrons. The summed E-state index contributed by atoms with van der Waals surface area (Å²) in [6, 6.07) is 6.54. The maximum atomic E-state index is 13.8. The lowest BCUT2D eigenvalue weighted by Crippen LogP contribution is -2.22. The molecule has 0 N–H and O–H groups in total. The fourth-order valence-corrected chi connectivity index (χ4v) is 1.54. The van der Waals surface area contributed by atoms with Crippen molar-refractivity contribution in [2.45, 2.75) is 32.5 Å². The summed E-state index contributed by atoms with van der Waals surface area (Å²) in [7, 11) is 0. The molecule has 0 radical (unpaired) electrons. The van der Waals surface area contributed by atoms with Crippen LogP contribution in [0.4, 0.5) is 4.39 Å². The molecule has 0 spiro atoms. The van der Waals surface area contributed by atoms with E-state index in [2.05, 4.69) is 4.99 Å². The molecule has 1 aromatic carbocycles. The Balaban J connectivity index is 3.22. The highest BCUT2D eigenvalue weighted by Gasteiger charge is 2.31. The van der Waals surface area contributed by atoms with Gasteiger partial charge >= 0.3 is 0 Å². The van der Waals surface area contributed by atoms with E-state index in [1.807, 2.05) is 19.1 Å². The van der Waals surface area contributed by atoms with Crippen molar-refractivity contribution >= 4 is 6.08 Å². The fourth-order valence-electron chi connectivity index (χ4n) is 1.54. The molecule has 1 rings (SSSR count). The van der Waals surface area contributed by atoms with Crippen LogP contribution in [0.15, 0.2) is 29.3 Å². The molecule has 0 aliphatic heterocycles. The van der Waals surface area contributed by atoms with E-state index in [0.29, 0.717) is 0 Å². The predicted molar refractivity (Wildman–Crippen MR) is 57.2 cm³/mol. The number of carbonyl (C=O) groups excluding carboxylic acids is 1. The number of halogens is 1. The highest BCUT2D eigenvalue weighted by molar-refractivity contribution is 5.38. The number of hydrogen-bond acceptors (Lipinski definition) is 2. The monoisotopic (exact) mass is 207 g/mol. The summed E-state index contributed by atoms with van der Waals surface area (Å²) >= 11 is 0. The Morgan fingerprint density at radius 2 is 2.00 bits per heavy atom. The van der Waals surface area contributed by atoms with Gasteiger partial charge in [0.15, 0.2) is 0 Å². The Morgan fingerprint density at radius 3 is 2.47 bits per heavy atom. The largest absolute Gasteiger partial charge is 0.242 e. The fraction of sp³-hybridized carbons (Fsp3) is 0.417. The van der Waals surface area contributed by atoms with Crippen LogP contribution < -0.4 is 0 Å². The van der Waals surface area contributed by atoms with Crippen molar-refractivity contribution in [2.24, 2.45) is 4.99 Å². The maximum absolute atomic E-state index is 13.8. The van der Waals surface area contributed by atoms with Crippen LogP contribution in [0.3, 0.4) is 0 Å². The summed E-state index contributed by atoms with van der Waals surface area (Å²) in [5.41, 5.74) is 0.0874. The standard InChI is InChI=1S/C12H14FNO/c1-9-6-4-5-7-10(9)11(14-8-15)12(2,3)13/h4-7,11H,1-3H3. The lowest BCUT2D eigenvalue weighted by molar-refractivity contribution is 0.175. The zero-order valence-electron chi connectivity index (χ0n) is 9.12. The molecule has 2 nitrogen and oxygen atoms in total. The van der Waals surface area contributed by atoms with Gasteiger partial charge in [0.05, 0.1) is 0 Å². The average molecular weight is 207 g/mol. The van der Waals surface area contributed by atoms with Gasteiger partial charge in [-0.2, -0.15) is 4.99 Å². The average Bonchev–Trinajstić information content (AvgIpc) is 2.14. The number of aryl methyl sites for hydroxylation is 1. The third-order valence-electron chi connectivity index (χ3n) is 2.32. The zero-order chi connectivity index (χ0) is 11.5. The SMILES string of the molecule is Cc1ccccc1C(N=C=O)C(C)(C)F. The minimum Gasteiger partial charge on any atom is -0.242 e. The molecule has 1 unspecified atom stereocenters. The van der Waals surface area contributed by atoms with E-state index in [4.69, 9.17) is 0 Å². The molecule has 0 aliphatic rings. The van der Waals surface area contributed by atoms with E-state index < -0.39 is 11.7 Å². The molecule has 0 saturated carbocycles. The number of nitrogens with zero attached hydrogens (tertiary/aromatic N) is 1. The second kappa shape index (κ2) is 4.37. The second-order valence-corrected chi connectivity index (χ2v) is 4.04. The van der Waals surface area contributed by atoms with Crippen molar-refractivity contribution < 1.29 is 9.18 Å². The quantitative estimate of drug-likeness (QED) is 0.553. The van der Waals surface area contributed by atoms with E-state index in [1.165, 1.54) is 19.9 Å². The molecular formula is C12H14FNO. The van der Waals surface area contributed by atoms with Gasteiger partial charge in [-0.25, -0.2) is 9.18 Å². The van der Waals surface area contributed by atoms with E-state index in [0.717, 1.165) is 11.1 Å². The number of benzene rings is 1. The number of aliphatic imine (C=N–C) groups is 1. The Labute approximate surface area is 88.8 Å². The molecule has 0 amide bonds. The first-order valence-corrected chi connectivity index (χ1v) is 4.78. The zero-order valence-corrected chi connectivity index (χ0v) is 9.12. The summed E-state index contributed by atoms with van der Waals surface area (Å²) in [6.07, 6.45) is 1.44. The molecule has 1 atom stereocenters. The van der Waals surface area contributed by atoms with Crippen LogP contribution in [0.2, 0.25) is 0 Å². The van der Waals surface area contributed by atoms with Crippen molar-refractivity contribution in [2.75, 3.05) is 0 Å². The molecule has 15 heavy (non-hydrogen) atoms. The van der Waals surface area contributed by atoms with Crippen molar-refractivity contribution in [1.82, 2.24) is 0 Å². The third kappa shape index (κ3) is 2.74. The van der Waals surface area contributed by atoms with Crippen molar-refractivity contribution in [1.29, 1.82) is 0 Å². The Kier molecular flexibility index (Phi) is 3.38. The summed E-state index contributed by atoms with van der Waals surface area (Å²) in [5.74, 6) is 0. The van der Waals surface area contributed by atoms with Crippen LogP contribution in [0.1, 0.15) is 31.0 Å². The van der Waals surface area contributed by atoms with Crippen LogP contribution in [-0.2, 0) is 4.79 Å². The first kappa shape index (κ1) is 11.6. The minimum absolute atomic E-state index is 0.730. The number of rotatable bonds is 3. The molecule has 0 heterocycles. The first-order valence-electron chi connectivity index (χ1n) is 4.78. The molecular weight excluding hydrogens is 193 g/mol. The normalized spacial score (nSPS) is 13.1. The highest BCUT2D eigenvalue weighted by Crippen LogP contribution is 2.33. The van der Waals surface area contributed by atoms with E-state index in [9.17, 15) is 9.18 Å². The number of alkyl halides is 1. The third-order valence-corrected chi connectivity index (χ3v) is 2.32. The summed E-state index contributed by atoms with van der Waals surface area (Å²) in [4.78, 5) is 13.8. The Hall–Kier alpha value is -1.47. The predicted octanol–water partition coefficient (Wildman–Crippen LogP) is 3.12. The van der Waals surface area contributed by atoms with Crippen LogP contribution in [0, 0.1) is 6.92 Å². The molecule has 0 saturated heterocycles. The van der Waals surface area contributed by atoms with Gasteiger partial charge in [-0.05, 0) is 31.9 Å². The summed E-state index contributed by atoms with van der Waals surface area (Å²) in [5, 5.41) is 0. The van der Waals surface area contributed by atoms with Crippen LogP contribution in [0.25, 0.3) is 0 Å². The van der Waals surface area contributed by atoms with Gasteiger partial charge in [0.1, 0.15) is 11.7 Å². The van der Waals surface area contributed by atoms with E-state index in [1.54, 1.807) is 12.1 Å². The molecule has 1 aromatic rings. The molecule has 3 heteroatoms. The summed E-state index contributed by atoms with van der Waals surface area (Å²) < 4.78 is 13.8. The van der Waals surface area contributed by atoms with Crippen LogP contribution in [-0.4, -0.2) is 11.7 Å². The van der Waals surface area contributed by atoms with Gasteiger partial charge in [-0.1, -0.05) is 24.3 Å². The first-order chi connectivity index (χ1) is 6.96. The minimum atomic E-state index is -1.57. The second-order valence-electron chi connectivity index (χ2n) is 4.04. The van der Waals surface area contributed by atoms with Crippen molar-refractivity contribution in [3.63, 3.8) is 0 Å². The summed E-state index contributed by atoms with van der Waals surface area (Å²) in [6.45, 7) is 4.68. The Bertz CT molecular complexity index is 389. The van der Waals surface area contributed by atoms with E-state index in [-0.39, 0.29) is 0 Å². The lowest BCUT2D eigenvalue weighted by atomic mass is 9.91. The van der Waals surface area contributed by atoms with Crippen LogP contribution in [0.5, 0.6) is 0 Å².